The summed E-state index contributed by atoms with van der Waals surface area (Å²) in [5, 5.41) is 8.37. The zero-order valence-electron chi connectivity index (χ0n) is 5.50. The fraction of sp³-hybridized carbons (Fsp3) is 0. The maximum Gasteiger partial charge on any atom is 0.223 e. The zero-order valence-corrected chi connectivity index (χ0v) is 5.50. The highest BCUT2D eigenvalue weighted by Crippen LogP contribution is 2.18. The average Bonchev–Trinajstić information content (AvgIpc) is 2.05. The molecule has 1 aromatic rings. The molecule has 2 nitrogen and oxygen atoms in total. The van der Waals surface area contributed by atoms with Gasteiger partial charge in [-0.05, 0) is 18.2 Å². The Morgan fingerprint density at radius 3 is 2.82 bits per heavy atom. The SMILES string of the molecule is [C-]#[N+]c1cc(C#N)ccc1F. The summed E-state index contributed by atoms with van der Waals surface area (Å²) in [7, 11) is 0. The molecule has 0 bridgehead atoms. The highest BCUT2D eigenvalue weighted by Gasteiger charge is 2.00. The van der Waals surface area contributed by atoms with Gasteiger partial charge < -0.3 is 0 Å². The van der Waals surface area contributed by atoms with Crippen LogP contribution in [0.5, 0.6) is 0 Å². The Morgan fingerprint density at radius 1 is 1.55 bits per heavy atom. The molecule has 11 heavy (non-hydrogen) atoms. The minimum absolute atomic E-state index is 0.107. The molecule has 0 saturated heterocycles. The van der Waals surface area contributed by atoms with Gasteiger partial charge in [0.25, 0.3) is 0 Å². The van der Waals surface area contributed by atoms with E-state index in [0.717, 1.165) is 6.07 Å². The Kier molecular flexibility index (Phi) is 1.85. The fourth-order valence-corrected chi connectivity index (χ4v) is 0.668. The lowest BCUT2D eigenvalue weighted by molar-refractivity contribution is 0.633. The maximum atomic E-state index is 12.6. The van der Waals surface area contributed by atoms with E-state index in [0.29, 0.717) is 5.56 Å². The topological polar surface area (TPSA) is 28.1 Å². The Bertz CT molecular complexity index is 357. The van der Waals surface area contributed by atoms with Crippen LogP contribution < -0.4 is 0 Å². The second-order valence-electron chi connectivity index (χ2n) is 1.89. The first-order chi connectivity index (χ1) is 5.27. The van der Waals surface area contributed by atoms with Crippen LogP contribution in [0.2, 0.25) is 0 Å². The Balaban J connectivity index is 3.29. The van der Waals surface area contributed by atoms with Crippen molar-refractivity contribution in [2.75, 3.05) is 0 Å². The number of halogens is 1. The molecule has 52 valence electrons. The quantitative estimate of drug-likeness (QED) is 0.516. The summed E-state index contributed by atoms with van der Waals surface area (Å²) in [6.45, 7) is 6.53. The van der Waals surface area contributed by atoms with Crippen molar-refractivity contribution in [2.24, 2.45) is 0 Å². The van der Waals surface area contributed by atoms with E-state index < -0.39 is 5.82 Å². The summed E-state index contributed by atoms with van der Waals surface area (Å²) in [5.74, 6) is -0.584. The predicted molar refractivity (Wildman–Crippen MR) is 37.4 cm³/mol. The molecule has 0 amide bonds. The molecule has 0 atom stereocenters. The molecule has 0 N–H and O–H groups in total. The summed E-state index contributed by atoms with van der Waals surface area (Å²) in [5.41, 5.74) is 0.196. The molecule has 3 heteroatoms. The van der Waals surface area contributed by atoms with E-state index in [-0.39, 0.29) is 5.69 Å². The highest BCUT2D eigenvalue weighted by atomic mass is 19.1. The van der Waals surface area contributed by atoms with Crippen molar-refractivity contribution in [3.05, 3.63) is 41.0 Å². The van der Waals surface area contributed by atoms with E-state index in [1.807, 2.05) is 6.07 Å². The molecular formula is C8H3FN2. The smallest absolute Gasteiger partial charge is 0.223 e. The second kappa shape index (κ2) is 2.81. The Morgan fingerprint density at radius 2 is 2.27 bits per heavy atom. The number of rotatable bonds is 0. The number of nitrogens with zero attached hydrogens (tertiary/aromatic N) is 2. The van der Waals surface area contributed by atoms with Crippen molar-refractivity contribution in [1.82, 2.24) is 0 Å². The molecule has 0 aliphatic heterocycles. The summed E-state index contributed by atoms with van der Waals surface area (Å²) in [6.07, 6.45) is 0. The van der Waals surface area contributed by atoms with Gasteiger partial charge in [-0.25, -0.2) is 9.24 Å². The fourth-order valence-electron chi connectivity index (χ4n) is 0.668. The molecule has 0 radical (unpaired) electrons. The van der Waals surface area contributed by atoms with Crippen LogP contribution in [0.1, 0.15) is 5.56 Å². The second-order valence-corrected chi connectivity index (χ2v) is 1.89. The lowest BCUT2D eigenvalue weighted by Gasteiger charge is -1.91. The number of hydrogen-bond acceptors (Lipinski definition) is 1. The van der Waals surface area contributed by atoms with Crippen LogP contribution in [0.15, 0.2) is 18.2 Å². The monoisotopic (exact) mass is 146 g/mol. The first kappa shape index (κ1) is 7.24. The van der Waals surface area contributed by atoms with E-state index in [4.69, 9.17) is 11.8 Å². The number of benzene rings is 1. The number of hydrogen-bond donors (Lipinski definition) is 0. The molecule has 0 fully saturated rings. The van der Waals surface area contributed by atoms with E-state index >= 15 is 0 Å². The standard InChI is InChI=1S/C8H3FN2/c1-11-8-4-6(5-10)2-3-7(8)9/h2-4H. The van der Waals surface area contributed by atoms with E-state index in [9.17, 15) is 4.39 Å². The minimum atomic E-state index is -0.584. The zero-order chi connectivity index (χ0) is 8.27. The maximum absolute atomic E-state index is 12.6. The van der Waals surface area contributed by atoms with Gasteiger partial charge in [-0.1, -0.05) is 0 Å². The molecular weight excluding hydrogens is 143 g/mol. The normalized spacial score (nSPS) is 8.27. The van der Waals surface area contributed by atoms with Crippen molar-refractivity contribution in [1.29, 1.82) is 5.26 Å². The van der Waals surface area contributed by atoms with Gasteiger partial charge in [-0.2, -0.15) is 5.26 Å². The average molecular weight is 146 g/mol. The Hall–Kier alpha value is -1.87. The van der Waals surface area contributed by atoms with Gasteiger partial charge in [0.05, 0.1) is 12.6 Å². The molecule has 0 aliphatic rings. The third-order valence-corrected chi connectivity index (χ3v) is 1.20. The van der Waals surface area contributed by atoms with Crippen LogP contribution in [0.25, 0.3) is 4.85 Å². The largest absolute Gasteiger partial charge is 0.235 e. The van der Waals surface area contributed by atoms with Gasteiger partial charge in [0.15, 0.2) is 0 Å². The van der Waals surface area contributed by atoms with Crippen molar-refractivity contribution >= 4 is 5.69 Å². The Labute approximate surface area is 63.3 Å². The van der Waals surface area contributed by atoms with Gasteiger partial charge in [-0.3, -0.25) is 0 Å². The van der Waals surface area contributed by atoms with Crippen LogP contribution in [0.4, 0.5) is 10.1 Å². The summed E-state index contributed by atoms with van der Waals surface area (Å²) in [6, 6.07) is 5.50. The van der Waals surface area contributed by atoms with Gasteiger partial charge in [0, 0.05) is 5.56 Å². The van der Waals surface area contributed by atoms with Gasteiger partial charge in [0.2, 0.25) is 5.69 Å². The van der Waals surface area contributed by atoms with Crippen LogP contribution in [0.3, 0.4) is 0 Å². The number of nitriles is 1. The van der Waals surface area contributed by atoms with E-state index in [1.165, 1.54) is 12.1 Å². The van der Waals surface area contributed by atoms with Gasteiger partial charge in [0.1, 0.15) is 5.82 Å². The van der Waals surface area contributed by atoms with Crippen molar-refractivity contribution < 1.29 is 4.39 Å². The first-order valence-corrected chi connectivity index (χ1v) is 2.85. The van der Waals surface area contributed by atoms with E-state index in [2.05, 4.69) is 4.85 Å². The third kappa shape index (κ3) is 1.33. The molecule has 0 unspecified atom stereocenters. The molecule has 1 aromatic carbocycles. The summed E-state index contributed by atoms with van der Waals surface area (Å²) < 4.78 is 12.6. The van der Waals surface area contributed by atoms with Crippen LogP contribution in [0, 0.1) is 23.7 Å². The van der Waals surface area contributed by atoms with Crippen molar-refractivity contribution in [2.45, 2.75) is 0 Å². The van der Waals surface area contributed by atoms with E-state index in [1.54, 1.807) is 0 Å². The van der Waals surface area contributed by atoms with Gasteiger partial charge >= 0.3 is 0 Å². The van der Waals surface area contributed by atoms with Crippen molar-refractivity contribution in [3.8, 4) is 6.07 Å². The van der Waals surface area contributed by atoms with Crippen molar-refractivity contribution in [3.63, 3.8) is 0 Å². The van der Waals surface area contributed by atoms with Crippen LogP contribution in [-0.4, -0.2) is 0 Å². The molecule has 0 saturated carbocycles. The molecule has 0 spiro atoms. The molecule has 0 aliphatic carbocycles. The molecule has 1 rings (SSSR count). The molecule has 0 aromatic heterocycles. The van der Waals surface area contributed by atoms with Gasteiger partial charge in [-0.15, -0.1) is 0 Å². The molecule has 0 heterocycles. The summed E-state index contributed by atoms with van der Waals surface area (Å²) >= 11 is 0. The predicted octanol–water partition coefficient (Wildman–Crippen LogP) is 2.25. The summed E-state index contributed by atoms with van der Waals surface area (Å²) in [4.78, 5) is 2.90. The third-order valence-electron chi connectivity index (χ3n) is 1.20. The first-order valence-electron chi connectivity index (χ1n) is 2.85. The lowest BCUT2D eigenvalue weighted by Crippen LogP contribution is -1.76. The van der Waals surface area contributed by atoms with Crippen LogP contribution >= 0.6 is 0 Å². The minimum Gasteiger partial charge on any atom is -0.235 e. The highest BCUT2D eigenvalue weighted by molar-refractivity contribution is 5.51. The lowest BCUT2D eigenvalue weighted by atomic mass is 10.2. The van der Waals surface area contributed by atoms with Crippen LogP contribution in [-0.2, 0) is 0 Å².